The second-order valence-electron chi connectivity index (χ2n) is 8.39. The van der Waals surface area contributed by atoms with Crippen LogP contribution in [0.5, 0.6) is 0 Å². The Bertz CT molecular complexity index is 615. The Morgan fingerprint density at radius 3 is 2.45 bits per heavy atom. The van der Waals surface area contributed by atoms with Crippen molar-refractivity contribution in [2.24, 2.45) is 5.92 Å². The maximum absolute atomic E-state index is 13.1. The van der Waals surface area contributed by atoms with Crippen LogP contribution >= 0.6 is 0 Å². The Hall–Kier alpha value is -1.73. The van der Waals surface area contributed by atoms with Crippen LogP contribution in [0.15, 0.2) is 18.5 Å². The van der Waals surface area contributed by atoms with Crippen molar-refractivity contribution in [2.75, 3.05) is 50.7 Å². The number of nitrogens with zero attached hydrogens (tertiary/aromatic N) is 5. The maximum Gasteiger partial charge on any atom is 0.239 e. The number of piperazine rings is 1. The molecule has 1 aliphatic carbocycles. The first kappa shape index (κ1) is 22.0. The second kappa shape index (κ2) is 10.9. The molecule has 1 saturated heterocycles. The molecule has 2 aliphatic rings. The molecule has 3 rings (SSSR count). The summed E-state index contributed by atoms with van der Waals surface area (Å²) in [6, 6.07) is 2.15. The van der Waals surface area contributed by atoms with E-state index >= 15 is 0 Å². The van der Waals surface area contributed by atoms with Gasteiger partial charge in [0.05, 0.1) is 6.04 Å². The van der Waals surface area contributed by atoms with Gasteiger partial charge < -0.3 is 20.0 Å². The SMILES string of the molecule is CCN(CC)C[C@@H]1CCCC[C@H]1N[C@H](C)C(=O)N1CCN(c2ncccn2)CC1. The van der Waals surface area contributed by atoms with Crippen LogP contribution < -0.4 is 10.2 Å². The second-order valence-corrected chi connectivity index (χ2v) is 8.39. The van der Waals surface area contributed by atoms with Crippen LogP contribution in [0, 0.1) is 5.92 Å². The van der Waals surface area contributed by atoms with Gasteiger partial charge in [0.2, 0.25) is 11.9 Å². The number of anilines is 1. The van der Waals surface area contributed by atoms with E-state index in [0.29, 0.717) is 12.0 Å². The summed E-state index contributed by atoms with van der Waals surface area (Å²) in [5.41, 5.74) is 0. The summed E-state index contributed by atoms with van der Waals surface area (Å²) in [6.07, 6.45) is 8.57. The van der Waals surface area contributed by atoms with Crippen molar-refractivity contribution in [1.82, 2.24) is 25.1 Å². The topological polar surface area (TPSA) is 64.6 Å². The van der Waals surface area contributed by atoms with Gasteiger partial charge in [0, 0.05) is 51.2 Å². The molecule has 0 bridgehead atoms. The van der Waals surface area contributed by atoms with E-state index in [1.165, 1.54) is 25.7 Å². The Labute approximate surface area is 175 Å². The number of amides is 1. The normalized spacial score (nSPS) is 24.0. The van der Waals surface area contributed by atoms with E-state index in [1.807, 2.05) is 17.9 Å². The van der Waals surface area contributed by atoms with Gasteiger partial charge in [-0.05, 0) is 44.8 Å². The van der Waals surface area contributed by atoms with Crippen LogP contribution in [-0.4, -0.2) is 83.6 Å². The number of hydrogen-bond donors (Lipinski definition) is 1. The largest absolute Gasteiger partial charge is 0.338 e. The molecule has 0 aromatic carbocycles. The molecule has 2 heterocycles. The van der Waals surface area contributed by atoms with Crippen LogP contribution in [0.2, 0.25) is 0 Å². The molecule has 1 aromatic heterocycles. The molecule has 7 heteroatoms. The average molecular weight is 403 g/mol. The Morgan fingerprint density at radius 2 is 1.79 bits per heavy atom. The van der Waals surface area contributed by atoms with Gasteiger partial charge in [0.25, 0.3) is 0 Å². The molecule has 0 radical (unpaired) electrons. The Morgan fingerprint density at radius 1 is 1.14 bits per heavy atom. The summed E-state index contributed by atoms with van der Waals surface area (Å²) < 4.78 is 0. The van der Waals surface area contributed by atoms with E-state index in [9.17, 15) is 4.79 Å². The fraction of sp³-hybridized carbons (Fsp3) is 0.773. The molecule has 1 aromatic rings. The van der Waals surface area contributed by atoms with Crippen LogP contribution in [0.3, 0.4) is 0 Å². The highest BCUT2D eigenvalue weighted by molar-refractivity contribution is 5.81. The summed E-state index contributed by atoms with van der Waals surface area (Å²) in [4.78, 5) is 28.4. The first-order chi connectivity index (χ1) is 14.1. The average Bonchev–Trinajstić information content (AvgIpc) is 2.78. The molecule has 7 nitrogen and oxygen atoms in total. The van der Waals surface area contributed by atoms with Gasteiger partial charge in [-0.2, -0.15) is 0 Å². The van der Waals surface area contributed by atoms with Crippen LogP contribution in [0.4, 0.5) is 5.95 Å². The van der Waals surface area contributed by atoms with Gasteiger partial charge in [0.15, 0.2) is 0 Å². The third-order valence-corrected chi connectivity index (χ3v) is 6.56. The number of aromatic nitrogens is 2. The van der Waals surface area contributed by atoms with Crippen molar-refractivity contribution in [3.05, 3.63) is 18.5 Å². The van der Waals surface area contributed by atoms with E-state index in [0.717, 1.165) is 51.8 Å². The number of rotatable bonds is 8. The summed E-state index contributed by atoms with van der Waals surface area (Å²) in [5.74, 6) is 1.63. The van der Waals surface area contributed by atoms with Crippen LogP contribution in [0.25, 0.3) is 0 Å². The van der Waals surface area contributed by atoms with Crippen molar-refractivity contribution in [1.29, 1.82) is 0 Å². The molecule has 1 saturated carbocycles. The highest BCUT2D eigenvalue weighted by Gasteiger charge is 2.31. The van der Waals surface area contributed by atoms with Crippen molar-refractivity contribution in [3.8, 4) is 0 Å². The molecule has 0 spiro atoms. The lowest BCUT2D eigenvalue weighted by molar-refractivity contribution is -0.133. The van der Waals surface area contributed by atoms with Crippen molar-refractivity contribution in [3.63, 3.8) is 0 Å². The zero-order valence-electron chi connectivity index (χ0n) is 18.4. The summed E-state index contributed by atoms with van der Waals surface area (Å²) in [7, 11) is 0. The fourth-order valence-electron chi connectivity index (χ4n) is 4.71. The number of carbonyl (C=O) groups excluding carboxylic acids is 1. The molecule has 1 aliphatic heterocycles. The predicted octanol–water partition coefficient (Wildman–Crippen LogP) is 2.00. The maximum atomic E-state index is 13.1. The highest BCUT2D eigenvalue weighted by Crippen LogP contribution is 2.26. The van der Waals surface area contributed by atoms with Crippen LogP contribution in [-0.2, 0) is 4.79 Å². The summed E-state index contributed by atoms with van der Waals surface area (Å²) >= 11 is 0. The zero-order chi connectivity index (χ0) is 20.6. The van der Waals surface area contributed by atoms with E-state index in [1.54, 1.807) is 12.4 Å². The minimum absolute atomic E-state index is 0.128. The van der Waals surface area contributed by atoms with Gasteiger partial charge in [-0.15, -0.1) is 0 Å². The van der Waals surface area contributed by atoms with Crippen molar-refractivity contribution >= 4 is 11.9 Å². The number of nitrogens with one attached hydrogen (secondary N) is 1. The van der Waals surface area contributed by atoms with Gasteiger partial charge >= 0.3 is 0 Å². The first-order valence-corrected chi connectivity index (χ1v) is 11.4. The lowest BCUT2D eigenvalue weighted by Gasteiger charge is -2.39. The van der Waals surface area contributed by atoms with Crippen molar-refractivity contribution < 1.29 is 4.79 Å². The molecule has 162 valence electrons. The van der Waals surface area contributed by atoms with E-state index in [4.69, 9.17) is 0 Å². The van der Waals surface area contributed by atoms with E-state index in [2.05, 4.69) is 38.9 Å². The minimum Gasteiger partial charge on any atom is -0.338 e. The monoisotopic (exact) mass is 402 g/mol. The molecule has 0 unspecified atom stereocenters. The van der Waals surface area contributed by atoms with Crippen LogP contribution in [0.1, 0.15) is 46.5 Å². The van der Waals surface area contributed by atoms with E-state index < -0.39 is 0 Å². The highest BCUT2D eigenvalue weighted by atomic mass is 16.2. The standard InChI is InChI=1S/C22H38N6O/c1-4-26(5-2)17-19-9-6-7-10-20(19)25-18(3)21(29)27-13-15-28(16-14-27)22-23-11-8-12-24-22/h8,11-12,18-20,25H,4-7,9-10,13-17H2,1-3H3/t18-,19+,20-/m1/s1. The molecule has 1 N–H and O–H groups in total. The number of carbonyl (C=O) groups is 1. The fourth-order valence-corrected chi connectivity index (χ4v) is 4.71. The molecule has 29 heavy (non-hydrogen) atoms. The van der Waals surface area contributed by atoms with Gasteiger partial charge in [-0.3, -0.25) is 4.79 Å². The Kier molecular flexibility index (Phi) is 8.24. The van der Waals surface area contributed by atoms with Gasteiger partial charge in [-0.1, -0.05) is 26.7 Å². The third-order valence-electron chi connectivity index (χ3n) is 6.56. The lowest BCUT2D eigenvalue weighted by Crippen LogP contribution is -2.56. The predicted molar refractivity (Wildman–Crippen MR) is 117 cm³/mol. The van der Waals surface area contributed by atoms with Crippen molar-refractivity contribution in [2.45, 2.75) is 58.5 Å². The smallest absolute Gasteiger partial charge is 0.239 e. The zero-order valence-corrected chi connectivity index (χ0v) is 18.4. The molecular formula is C22H38N6O. The summed E-state index contributed by atoms with van der Waals surface area (Å²) in [5, 5.41) is 3.71. The number of hydrogen-bond acceptors (Lipinski definition) is 6. The molecule has 2 fully saturated rings. The molecular weight excluding hydrogens is 364 g/mol. The van der Waals surface area contributed by atoms with Gasteiger partial charge in [0.1, 0.15) is 0 Å². The minimum atomic E-state index is -0.128. The van der Waals surface area contributed by atoms with Gasteiger partial charge in [-0.25, -0.2) is 9.97 Å². The quantitative estimate of drug-likeness (QED) is 0.718. The lowest BCUT2D eigenvalue weighted by atomic mass is 9.83. The first-order valence-electron chi connectivity index (χ1n) is 11.4. The Balaban J connectivity index is 1.50. The van der Waals surface area contributed by atoms with E-state index in [-0.39, 0.29) is 11.9 Å². The molecule has 3 atom stereocenters. The molecule has 1 amide bonds. The summed E-state index contributed by atoms with van der Waals surface area (Å²) in [6.45, 7) is 12.9. The third kappa shape index (κ3) is 5.89.